The second-order valence-corrected chi connectivity index (χ2v) is 14.9. The van der Waals surface area contributed by atoms with Crippen molar-refractivity contribution in [1.29, 1.82) is 0 Å². The van der Waals surface area contributed by atoms with Crippen LogP contribution in [-0.4, -0.2) is 55.4 Å². The second kappa shape index (κ2) is 8.48. The molecule has 5 nitrogen and oxygen atoms in total. The Kier molecular flexibility index (Phi) is 5.42. The van der Waals surface area contributed by atoms with Crippen LogP contribution in [0.5, 0.6) is 5.75 Å². The van der Waals surface area contributed by atoms with E-state index >= 15 is 0 Å². The lowest BCUT2D eigenvalue weighted by atomic mass is 9.43. The van der Waals surface area contributed by atoms with Gasteiger partial charge in [-0.2, -0.15) is 21.6 Å². The average molecular weight is 573 g/mol. The normalized spacial score (nSPS) is 36.8. The van der Waals surface area contributed by atoms with E-state index in [1.807, 2.05) is 12.1 Å². The van der Waals surface area contributed by atoms with Crippen LogP contribution < -0.4 is 4.18 Å². The molecule has 2 aliphatic heterocycles. The van der Waals surface area contributed by atoms with Crippen molar-refractivity contribution < 1.29 is 25.8 Å². The van der Waals surface area contributed by atoms with Crippen LogP contribution in [0.2, 0.25) is 0 Å². The number of benzene rings is 2. The molecule has 4 aliphatic carbocycles. The second-order valence-electron chi connectivity index (χ2n) is 13.3. The zero-order chi connectivity index (χ0) is 27.5. The van der Waals surface area contributed by atoms with Gasteiger partial charge in [0.2, 0.25) is 0 Å². The van der Waals surface area contributed by atoms with Gasteiger partial charge in [0.25, 0.3) is 0 Å². The maximum Gasteiger partial charge on any atom is 0.534 e. The first-order valence-corrected chi connectivity index (χ1v) is 16.2. The fraction of sp³-hybridized carbons (Fsp3) is 0.613. The first-order valence-electron chi connectivity index (χ1n) is 14.8. The number of hydrogen-bond acceptors (Lipinski definition) is 5. The minimum Gasteiger partial charge on any atom is -0.376 e. The van der Waals surface area contributed by atoms with Crippen LogP contribution in [0.4, 0.5) is 13.2 Å². The molecule has 3 saturated carbocycles. The maximum atomic E-state index is 13.2. The molecule has 6 atom stereocenters. The van der Waals surface area contributed by atoms with Gasteiger partial charge in [0, 0.05) is 37.1 Å². The Morgan fingerprint density at radius 2 is 1.80 bits per heavy atom. The lowest BCUT2D eigenvalue weighted by Crippen LogP contribution is -2.69. The fourth-order valence-electron chi connectivity index (χ4n) is 10.3. The minimum atomic E-state index is -5.73. The van der Waals surface area contributed by atoms with E-state index in [1.165, 1.54) is 30.0 Å². The average Bonchev–Trinajstić information content (AvgIpc) is 3.62. The highest BCUT2D eigenvalue weighted by atomic mass is 32.2. The third kappa shape index (κ3) is 3.49. The molecule has 0 amide bonds. The van der Waals surface area contributed by atoms with Gasteiger partial charge in [-0.05, 0) is 103 Å². The summed E-state index contributed by atoms with van der Waals surface area (Å²) in [5, 5.41) is 0. The van der Waals surface area contributed by atoms with Crippen LogP contribution >= 0.6 is 0 Å². The van der Waals surface area contributed by atoms with Gasteiger partial charge in [-0.15, -0.1) is 0 Å². The summed E-state index contributed by atoms with van der Waals surface area (Å²) in [6.45, 7) is 4.13. The number of fused-ring (bicyclic) bond motifs is 1. The summed E-state index contributed by atoms with van der Waals surface area (Å²) in [4.78, 5) is 5.43. The Morgan fingerprint density at radius 1 is 1.00 bits per heavy atom. The largest absolute Gasteiger partial charge is 0.534 e. The molecule has 0 spiro atoms. The molecule has 0 radical (unpaired) electrons. The summed E-state index contributed by atoms with van der Waals surface area (Å²) in [6.07, 6.45) is 7.91. The van der Waals surface area contributed by atoms with Crippen molar-refractivity contribution in [2.24, 2.45) is 23.2 Å². The smallest absolute Gasteiger partial charge is 0.376 e. The number of hydrogen-bond donors (Lipinski definition) is 0. The third-order valence-corrected chi connectivity index (χ3v) is 12.6. The van der Waals surface area contributed by atoms with Crippen molar-refractivity contribution in [3.63, 3.8) is 0 Å². The lowest BCUT2D eigenvalue weighted by Gasteiger charge is -2.66. The third-order valence-electron chi connectivity index (χ3n) is 11.6. The Hall–Kier alpha value is -2.10. The first-order chi connectivity index (χ1) is 19.1. The van der Waals surface area contributed by atoms with Crippen LogP contribution in [-0.2, 0) is 28.5 Å². The number of rotatable bonds is 6. The summed E-state index contributed by atoms with van der Waals surface area (Å²) in [7, 11) is -5.73. The van der Waals surface area contributed by atoms with E-state index in [0.29, 0.717) is 23.9 Å². The molecule has 5 fully saturated rings. The van der Waals surface area contributed by atoms with Crippen molar-refractivity contribution in [2.75, 3.05) is 19.6 Å². The topological polar surface area (TPSA) is 49.9 Å². The predicted molar refractivity (Wildman–Crippen MR) is 144 cm³/mol. The van der Waals surface area contributed by atoms with Gasteiger partial charge < -0.3 is 4.18 Å². The van der Waals surface area contributed by atoms with Crippen molar-refractivity contribution in [2.45, 2.75) is 74.5 Å². The van der Waals surface area contributed by atoms with E-state index in [1.54, 1.807) is 6.07 Å². The number of alkyl halides is 3. The minimum absolute atomic E-state index is 0.0827. The zero-order valence-electron chi connectivity index (χ0n) is 22.4. The molecule has 2 saturated heterocycles. The molecule has 2 aromatic rings. The molecule has 2 heterocycles. The molecule has 2 aromatic carbocycles. The monoisotopic (exact) mass is 572 g/mol. The molecular formula is C31H35F3N2O3S. The SMILES string of the molecule is O=S(=O)(Oc1ccc2c(c1)[C@]13CCN(CC4CC4)[C@H](C2)[C@]12CCC1C3[C@@H](CN1Cc1ccccc1)C2)C(F)(F)F. The van der Waals surface area contributed by atoms with Gasteiger partial charge in [0.1, 0.15) is 5.75 Å². The van der Waals surface area contributed by atoms with Crippen LogP contribution in [0.15, 0.2) is 48.5 Å². The van der Waals surface area contributed by atoms with E-state index in [4.69, 9.17) is 4.18 Å². The van der Waals surface area contributed by atoms with Gasteiger partial charge in [-0.25, -0.2) is 0 Å². The number of piperidine rings is 1. The Labute approximate surface area is 233 Å². The van der Waals surface area contributed by atoms with Crippen molar-refractivity contribution in [1.82, 2.24) is 9.80 Å². The number of nitrogens with zero attached hydrogens (tertiary/aromatic N) is 2. The Balaban J connectivity index is 1.22. The van der Waals surface area contributed by atoms with Crippen molar-refractivity contribution in [3.8, 4) is 5.75 Å². The molecular weight excluding hydrogens is 537 g/mol. The van der Waals surface area contributed by atoms with E-state index in [9.17, 15) is 21.6 Å². The first kappa shape index (κ1) is 25.6. The molecule has 6 aliphatic rings. The summed E-state index contributed by atoms with van der Waals surface area (Å²) >= 11 is 0. The lowest BCUT2D eigenvalue weighted by molar-refractivity contribution is -0.105. The summed E-state index contributed by atoms with van der Waals surface area (Å²) in [6, 6.07) is 16.4. The van der Waals surface area contributed by atoms with Crippen molar-refractivity contribution in [3.05, 3.63) is 65.2 Å². The van der Waals surface area contributed by atoms with E-state index in [0.717, 1.165) is 69.8 Å². The fourth-order valence-corrected chi connectivity index (χ4v) is 10.7. The van der Waals surface area contributed by atoms with Gasteiger partial charge >= 0.3 is 15.6 Å². The molecule has 8 rings (SSSR count). The zero-order valence-corrected chi connectivity index (χ0v) is 23.3. The summed E-state index contributed by atoms with van der Waals surface area (Å²) in [5.41, 5.74) is -1.98. The number of likely N-dealkylation sites (tertiary alicyclic amines) is 2. The Bertz CT molecular complexity index is 1450. The summed E-state index contributed by atoms with van der Waals surface area (Å²) in [5.74, 6) is 1.54. The predicted octanol–water partition coefficient (Wildman–Crippen LogP) is 5.49. The molecule has 0 aromatic heterocycles. The van der Waals surface area contributed by atoms with Crippen LogP contribution in [0.3, 0.4) is 0 Å². The van der Waals surface area contributed by atoms with Gasteiger partial charge in [0.05, 0.1) is 0 Å². The number of halogens is 3. The standard InChI is InChI=1S/C31H35F3N2O3S/c32-31(33,34)40(37,38)39-24-9-8-22-14-27-29-11-10-26-28(23(16-29)19-36(26)18-20-4-2-1-3-5-20)30(29,25(22)15-24)12-13-35(27)17-21-6-7-21/h1-5,8-9,15,21,23,26-28H,6-7,10-14,16-19H2/t23-,26?,27-,28?,29-,30+/m1/s1. The molecule has 4 bridgehead atoms. The molecule has 214 valence electrons. The van der Waals surface area contributed by atoms with Crippen LogP contribution in [0.25, 0.3) is 0 Å². The Morgan fingerprint density at radius 3 is 2.55 bits per heavy atom. The molecule has 2 unspecified atom stereocenters. The van der Waals surface area contributed by atoms with E-state index in [-0.39, 0.29) is 16.6 Å². The highest BCUT2D eigenvalue weighted by Crippen LogP contribution is 2.75. The highest BCUT2D eigenvalue weighted by molar-refractivity contribution is 7.88. The quantitative estimate of drug-likeness (QED) is 0.338. The maximum absolute atomic E-state index is 13.2. The highest BCUT2D eigenvalue weighted by Gasteiger charge is 2.76. The van der Waals surface area contributed by atoms with Gasteiger partial charge in [-0.1, -0.05) is 36.4 Å². The molecule has 40 heavy (non-hydrogen) atoms. The van der Waals surface area contributed by atoms with Gasteiger partial charge in [0.15, 0.2) is 0 Å². The van der Waals surface area contributed by atoms with Crippen molar-refractivity contribution >= 4 is 10.1 Å². The van der Waals surface area contributed by atoms with Gasteiger partial charge in [-0.3, -0.25) is 9.80 Å². The molecule has 9 heteroatoms. The van der Waals surface area contributed by atoms with E-state index < -0.39 is 15.6 Å². The molecule has 0 N–H and O–H groups in total. The van der Waals surface area contributed by atoms with E-state index in [2.05, 4.69) is 34.1 Å². The van der Waals surface area contributed by atoms with Crippen LogP contribution in [0, 0.1) is 23.2 Å². The summed E-state index contributed by atoms with van der Waals surface area (Å²) < 4.78 is 68.3. The van der Waals surface area contributed by atoms with Crippen LogP contribution in [0.1, 0.15) is 55.2 Å².